The maximum atomic E-state index is 12.6. The second kappa shape index (κ2) is 8.68. The second-order valence-corrected chi connectivity index (χ2v) is 8.38. The molecular formula is C28H23N3O4. The van der Waals surface area contributed by atoms with Crippen molar-refractivity contribution in [3.8, 4) is 17.0 Å². The average Bonchev–Trinajstić information content (AvgIpc) is 3.22. The zero-order valence-corrected chi connectivity index (χ0v) is 19.6. The molecule has 1 aliphatic rings. The number of rotatable bonds is 4. The van der Waals surface area contributed by atoms with Gasteiger partial charge >= 0.3 is 5.97 Å². The van der Waals surface area contributed by atoms with Crippen molar-refractivity contribution < 1.29 is 19.1 Å². The lowest BCUT2D eigenvalue weighted by molar-refractivity contribution is -0.146. The van der Waals surface area contributed by atoms with Gasteiger partial charge in [-0.1, -0.05) is 48.5 Å². The summed E-state index contributed by atoms with van der Waals surface area (Å²) in [6.45, 7) is 4.57. The molecule has 1 aromatic heterocycles. The van der Waals surface area contributed by atoms with Gasteiger partial charge in [0.25, 0.3) is 0 Å². The van der Waals surface area contributed by atoms with Gasteiger partial charge in [-0.2, -0.15) is 5.01 Å². The molecule has 174 valence electrons. The van der Waals surface area contributed by atoms with Crippen LogP contribution in [0, 0.1) is 0 Å². The number of para-hydroxylation sites is 1. The van der Waals surface area contributed by atoms with Crippen molar-refractivity contribution in [2.75, 3.05) is 0 Å². The summed E-state index contributed by atoms with van der Waals surface area (Å²) < 4.78 is 11.6. The van der Waals surface area contributed by atoms with Gasteiger partial charge in [0.15, 0.2) is 0 Å². The lowest BCUT2D eigenvalue weighted by Gasteiger charge is -2.31. The number of fused-ring (bicyclic) bond motifs is 1. The second-order valence-electron chi connectivity index (χ2n) is 8.38. The van der Waals surface area contributed by atoms with E-state index in [-0.39, 0.29) is 5.91 Å². The summed E-state index contributed by atoms with van der Waals surface area (Å²) in [6.07, 6.45) is 0. The third-order valence-electron chi connectivity index (χ3n) is 5.86. The smallest absolute Gasteiger partial charge is 0.308 e. The highest BCUT2D eigenvalue weighted by Gasteiger charge is 2.45. The Hall–Kier alpha value is -4.52. The first kappa shape index (κ1) is 22.3. The summed E-state index contributed by atoms with van der Waals surface area (Å²) in [4.78, 5) is 28.7. The van der Waals surface area contributed by atoms with Crippen LogP contribution in [-0.2, 0) is 20.1 Å². The molecule has 0 N–H and O–H groups in total. The lowest BCUT2D eigenvalue weighted by atomic mass is 10.0. The highest BCUT2D eigenvalue weighted by atomic mass is 16.6. The monoisotopic (exact) mass is 465 g/mol. The number of nitrogens with zero attached hydrogens (tertiary/aromatic N) is 3. The van der Waals surface area contributed by atoms with Gasteiger partial charge in [-0.05, 0) is 36.4 Å². The summed E-state index contributed by atoms with van der Waals surface area (Å²) in [5.41, 5.74) is 2.77. The number of esters is 1. The van der Waals surface area contributed by atoms with Gasteiger partial charge in [0.1, 0.15) is 5.75 Å². The molecule has 0 aliphatic carbocycles. The van der Waals surface area contributed by atoms with Crippen molar-refractivity contribution in [1.82, 2.24) is 9.99 Å². The molecule has 0 saturated heterocycles. The van der Waals surface area contributed by atoms with Crippen LogP contribution in [-0.4, -0.2) is 27.8 Å². The number of pyridine rings is 1. The number of aromatic nitrogens is 1. The van der Waals surface area contributed by atoms with E-state index in [0.717, 1.165) is 27.7 Å². The zero-order valence-electron chi connectivity index (χ0n) is 19.6. The van der Waals surface area contributed by atoms with E-state index >= 15 is 0 Å². The predicted molar refractivity (Wildman–Crippen MR) is 132 cm³/mol. The number of amides is 1. The standard InChI is InChI=1S/C28H23N3O4/c1-18(32)31-28(3,21-13-15-22(16-14-21)34-19(2)33)35-27(30-31)24-17-26(20-9-5-4-6-10-20)29-25-12-8-7-11-23(24)25/h4-17H,1-3H3/t28-/m1/s1. The molecule has 7 heteroatoms. The van der Waals surface area contributed by atoms with Crippen LogP contribution in [0.2, 0.25) is 0 Å². The van der Waals surface area contributed by atoms with Gasteiger partial charge in [-0.15, -0.1) is 5.10 Å². The third-order valence-corrected chi connectivity index (χ3v) is 5.86. The van der Waals surface area contributed by atoms with Gasteiger partial charge < -0.3 is 9.47 Å². The maximum Gasteiger partial charge on any atom is 0.308 e. The first-order chi connectivity index (χ1) is 16.8. The zero-order chi connectivity index (χ0) is 24.6. The Morgan fingerprint density at radius 1 is 0.914 bits per heavy atom. The van der Waals surface area contributed by atoms with Crippen molar-refractivity contribution in [2.45, 2.75) is 26.5 Å². The van der Waals surface area contributed by atoms with Gasteiger partial charge in [-0.25, -0.2) is 4.98 Å². The fourth-order valence-electron chi connectivity index (χ4n) is 4.21. The van der Waals surface area contributed by atoms with Crippen molar-refractivity contribution in [1.29, 1.82) is 0 Å². The Balaban J connectivity index is 1.60. The first-order valence-corrected chi connectivity index (χ1v) is 11.2. The molecule has 5 rings (SSSR count). The molecule has 7 nitrogen and oxygen atoms in total. The van der Waals surface area contributed by atoms with Gasteiger partial charge in [0.2, 0.25) is 17.5 Å². The molecule has 0 bridgehead atoms. The van der Waals surface area contributed by atoms with E-state index in [1.807, 2.05) is 60.7 Å². The minimum atomic E-state index is -1.19. The number of carbonyl (C=O) groups is 2. The van der Waals surface area contributed by atoms with Crippen molar-refractivity contribution in [3.05, 3.63) is 96.1 Å². The van der Waals surface area contributed by atoms with Crippen LogP contribution >= 0.6 is 0 Å². The topological polar surface area (TPSA) is 81.1 Å². The summed E-state index contributed by atoms with van der Waals surface area (Å²) in [5, 5.41) is 6.81. The summed E-state index contributed by atoms with van der Waals surface area (Å²) >= 11 is 0. The molecule has 1 atom stereocenters. The number of hydrazone groups is 1. The highest BCUT2D eigenvalue weighted by Crippen LogP contribution is 2.38. The molecule has 0 fully saturated rings. The number of ether oxygens (including phenoxy) is 2. The quantitative estimate of drug-likeness (QED) is 0.304. The van der Waals surface area contributed by atoms with Gasteiger partial charge in [-0.3, -0.25) is 9.59 Å². The Morgan fingerprint density at radius 2 is 1.60 bits per heavy atom. The largest absolute Gasteiger partial charge is 0.443 e. The minimum Gasteiger partial charge on any atom is -0.443 e. The fraction of sp³-hybridized carbons (Fsp3) is 0.143. The molecule has 1 amide bonds. The van der Waals surface area contributed by atoms with Gasteiger partial charge in [0.05, 0.1) is 11.2 Å². The lowest BCUT2D eigenvalue weighted by Crippen LogP contribution is -2.41. The first-order valence-electron chi connectivity index (χ1n) is 11.2. The Kier molecular flexibility index (Phi) is 5.53. The van der Waals surface area contributed by atoms with E-state index in [4.69, 9.17) is 14.5 Å². The number of carbonyl (C=O) groups excluding carboxylic acids is 2. The van der Waals surface area contributed by atoms with Crippen LogP contribution in [0.15, 0.2) is 90.0 Å². The molecule has 0 radical (unpaired) electrons. The SMILES string of the molecule is CC(=O)Oc1ccc([C@@]2(C)OC(c3cc(-c4ccccc4)nc4ccccc34)=NN2C(C)=O)cc1. The van der Waals surface area contributed by atoms with Crippen LogP contribution in [0.5, 0.6) is 5.75 Å². The van der Waals surface area contributed by atoms with E-state index in [0.29, 0.717) is 17.2 Å². The molecule has 0 unspecified atom stereocenters. The average molecular weight is 466 g/mol. The fourth-order valence-corrected chi connectivity index (χ4v) is 4.21. The molecule has 1 aliphatic heterocycles. The van der Waals surface area contributed by atoms with E-state index in [2.05, 4.69) is 5.10 Å². The van der Waals surface area contributed by atoms with Crippen molar-refractivity contribution >= 4 is 28.7 Å². The van der Waals surface area contributed by atoms with E-state index < -0.39 is 11.7 Å². The summed E-state index contributed by atoms with van der Waals surface area (Å²) in [5.74, 6) is 0.0533. The van der Waals surface area contributed by atoms with Gasteiger partial charge in [0, 0.05) is 42.8 Å². The Bertz CT molecular complexity index is 1470. The third kappa shape index (κ3) is 4.12. The molecule has 0 spiro atoms. The van der Waals surface area contributed by atoms with Crippen molar-refractivity contribution in [3.63, 3.8) is 0 Å². The summed E-state index contributed by atoms with van der Waals surface area (Å²) in [7, 11) is 0. The minimum absolute atomic E-state index is 0.270. The maximum absolute atomic E-state index is 12.6. The Morgan fingerprint density at radius 3 is 2.29 bits per heavy atom. The Labute approximate surface area is 202 Å². The molecule has 0 saturated carbocycles. The highest BCUT2D eigenvalue weighted by molar-refractivity contribution is 6.08. The van der Waals surface area contributed by atoms with E-state index in [1.54, 1.807) is 31.2 Å². The van der Waals surface area contributed by atoms with Crippen LogP contribution in [0.1, 0.15) is 31.9 Å². The van der Waals surface area contributed by atoms with Crippen molar-refractivity contribution in [2.24, 2.45) is 5.10 Å². The molecular weight excluding hydrogens is 442 g/mol. The van der Waals surface area contributed by atoms with E-state index in [1.165, 1.54) is 18.9 Å². The van der Waals surface area contributed by atoms with Crippen LogP contribution in [0.3, 0.4) is 0 Å². The number of benzene rings is 3. The van der Waals surface area contributed by atoms with E-state index in [9.17, 15) is 9.59 Å². The van der Waals surface area contributed by atoms with Crippen LogP contribution < -0.4 is 4.74 Å². The normalized spacial score (nSPS) is 17.1. The molecule has 3 aromatic carbocycles. The van der Waals surface area contributed by atoms with Crippen LogP contribution in [0.25, 0.3) is 22.2 Å². The molecule has 4 aromatic rings. The van der Waals surface area contributed by atoms with Crippen LogP contribution in [0.4, 0.5) is 0 Å². The predicted octanol–water partition coefficient (Wildman–Crippen LogP) is 5.24. The molecule has 2 heterocycles. The summed E-state index contributed by atoms with van der Waals surface area (Å²) in [6, 6.07) is 26.4. The molecule has 35 heavy (non-hydrogen) atoms. The number of hydrogen-bond acceptors (Lipinski definition) is 6. The number of hydrogen-bond donors (Lipinski definition) is 0.